The molecule has 0 bridgehead atoms. The van der Waals surface area contributed by atoms with Gasteiger partial charge in [0, 0.05) is 17.7 Å². The second kappa shape index (κ2) is 5.02. The Morgan fingerprint density at radius 1 is 1.50 bits per heavy atom. The fraction of sp³-hybridized carbons (Fsp3) is 0.375. The Morgan fingerprint density at radius 3 is 2.64 bits per heavy atom. The van der Waals surface area contributed by atoms with Crippen LogP contribution >= 0.6 is 31.9 Å². The first kappa shape index (κ1) is 11.8. The van der Waals surface area contributed by atoms with Crippen LogP contribution < -0.4 is 4.90 Å². The molecule has 0 N–H and O–H groups in total. The Morgan fingerprint density at radius 2 is 2.14 bits per heavy atom. The first-order chi connectivity index (χ1) is 6.50. The van der Waals surface area contributed by atoms with E-state index in [0.29, 0.717) is 10.3 Å². The number of aromatic nitrogens is 1. The molecule has 2 nitrogen and oxygen atoms in total. The van der Waals surface area contributed by atoms with Gasteiger partial charge in [0.15, 0.2) is 0 Å². The molecule has 0 spiro atoms. The van der Waals surface area contributed by atoms with Crippen LogP contribution in [0.2, 0.25) is 0 Å². The van der Waals surface area contributed by atoms with E-state index in [-0.39, 0.29) is 6.54 Å². The van der Waals surface area contributed by atoms with Crippen molar-refractivity contribution in [1.82, 2.24) is 4.98 Å². The zero-order valence-electron chi connectivity index (χ0n) is 7.35. The third-order valence-corrected chi connectivity index (χ3v) is 2.58. The van der Waals surface area contributed by atoms with E-state index in [9.17, 15) is 8.78 Å². The van der Waals surface area contributed by atoms with Crippen LogP contribution in [0.25, 0.3) is 0 Å². The number of hydrogen-bond acceptors (Lipinski definition) is 2. The van der Waals surface area contributed by atoms with Gasteiger partial charge in [0.1, 0.15) is 5.82 Å². The van der Waals surface area contributed by atoms with Gasteiger partial charge < -0.3 is 4.90 Å². The highest BCUT2D eigenvalue weighted by molar-refractivity contribution is 9.11. The zero-order chi connectivity index (χ0) is 10.7. The van der Waals surface area contributed by atoms with Gasteiger partial charge in [-0.25, -0.2) is 13.8 Å². The molecule has 0 aliphatic carbocycles. The van der Waals surface area contributed by atoms with Crippen molar-refractivity contribution in [1.29, 1.82) is 0 Å². The highest BCUT2D eigenvalue weighted by Gasteiger charge is 2.12. The largest absolute Gasteiger partial charge is 0.353 e. The van der Waals surface area contributed by atoms with E-state index in [1.807, 2.05) is 0 Å². The summed E-state index contributed by atoms with van der Waals surface area (Å²) < 4.78 is 25.7. The highest BCUT2D eigenvalue weighted by atomic mass is 79.9. The summed E-state index contributed by atoms with van der Waals surface area (Å²) in [6.07, 6.45) is -0.792. The summed E-state index contributed by atoms with van der Waals surface area (Å²) in [7, 11) is 1.58. The smallest absolute Gasteiger partial charge is 0.255 e. The molecule has 78 valence electrons. The van der Waals surface area contributed by atoms with E-state index in [1.54, 1.807) is 19.3 Å². The Labute approximate surface area is 97.6 Å². The van der Waals surface area contributed by atoms with Gasteiger partial charge in [-0.1, -0.05) is 0 Å². The van der Waals surface area contributed by atoms with Crippen molar-refractivity contribution >= 4 is 37.7 Å². The van der Waals surface area contributed by atoms with E-state index in [2.05, 4.69) is 36.8 Å². The Balaban J connectivity index is 2.84. The van der Waals surface area contributed by atoms with E-state index < -0.39 is 6.43 Å². The van der Waals surface area contributed by atoms with Crippen molar-refractivity contribution in [3.8, 4) is 0 Å². The number of anilines is 1. The van der Waals surface area contributed by atoms with Gasteiger partial charge in [0.2, 0.25) is 0 Å². The first-order valence-corrected chi connectivity index (χ1v) is 5.39. The molecular formula is C8H8Br2F2N2. The van der Waals surface area contributed by atoms with Gasteiger partial charge in [0.25, 0.3) is 6.43 Å². The van der Waals surface area contributed by atoms with E-state index >= 15 is 0 Å². The van der Waals surface area contributed by atoms with Crippen molar-refractivity contribution in [2.24, 2.45) is 0 Å². The van der Waals surface area contributed by atoms with Crippen LogP contribution in [-0.2, 0) is 0 Å². The predicted molar refractivity (Wildman–Crippen MR) is 58.9 cm³/mol. The molecule has 0 atom stereocenters. The van der Waals surface area contributed by atoms with Gasteiger partial charge in [0.05, 0.1) is 11.0 Å². The minimum Gasteiger partial charge on any atom is -0.353 e. The van der Waals surface area contributed by atoms with Crippen LogP contribution in [0, 0.1) is 0 Å². The maximum absolute atomic E-state index is 12.1. The molecule has 0 aliphatic heterocycles. The van der Waals surface area contributed by atoms with Gasteiger partial charge >= 0.3 is 0 Å². The van der Waals surface area contributed by atoms with Gasteiger partial charge in [-0.15, -0.1) is 0 Å². The van der Waals surface area contributed by atoms with Crippen molar-refractivity contribution in [2.45, 2.75) is 6.43 Å². The topological polar surface area (TPSA) is 16.1 Å². The quantitative estimate of drug-likeness (QED) is 0.845. The molecule has 0 fully saturated rings. The molecule has 0 amide bonds. The normalized spacial score (nSPS) is 10.7. The van der Waals surface area contributed by atoms with Crippen molar-refractivity contribution in [3.05, 3.63) is 21.2 Å². The van der Waals surface area contributed by atoms with E-state index in [1.165, 1.54) is 4.90 Å². The Hall–Kier alpha value is -0.230. The fourth-order valence-corrected chi connectivity index (χ4v) is 2.27. The van der Waals surface area contributed by atoms with Gasteiger partial charge in [-0.05, 0) is 37.9 Å². The molecule has 0 saturated heterocycles. The maximum Gasteiger partial charge on any atom is 0.255 e. The number of pyridine rings is 1. The standard InChI is InChI=1S/C8H8Br2F2N2/c1-14(4-7(11)12)8-6(10)2-5(9)3-13-8/h2-3,7H,4H2,1H3. The number of rotatable bonds is 3. The summed E-state index contributed by atoms with van der Waals surface area (Å²) in [5.41, 5.74) is 0. The zero-order valence-corrected chi connectivity index (χ0v) is 10.5. The minimum atomic E-state index is -2.36. The summed E-state index contributed by atoms with van der Waals surface area (Å²) in [6.45, 7) is -0.326. The molecule has 0 saturated carbocycles. The molecule has 6 heteroatoms. The first-order valence-electron chi connectivity index (χ1n) is 3.81. The highest BCUT2D eigenvalue weighted by Crippen LogP contribution is 2.26. The Kier molecular flexibility index (Phi) is 4.25. The lowest BCUT2D eigenvalue weighted by molar-refractivity contribution is 0.156. The predicted octanol–water partition coefficient (Wildman–Crippen LogP) is 3.31. The minimum absolute atomic E-state index is 0.326. The second-order valence-corrected chi connectivity index (χ2v) is 4.50. The van der Waals surface area contributed by atoms with Crippen LogP contribution in [0.15, 0.2) is 21.2 Å². The number of hydrogen-bond donors (Lipinski definition) is 0. The third-order valence-electron chi connectivity index (χ3n) is 1.56. The Bertz CT molecular complexity index is 320. The summed E-state index contributed by atoms with van der Waals surface area (Å²) in [5, 5.41) is 0. The third kappa shape index (κ3) is 3.16. The van der Waals surface area contributed by atoms with Crippen molar-refractivity contribution in [2.75, 3.05) is 18.5 Å². The van der Waals surface area contributed by atoms with E-state index in [0.717, 1.165) is 4.47 Å². The van der Waals surface area contributed by atoms with E-state index in [4.69, 9.17) is 0 Å². The molecule has 0 unspecified atom stereocenters. The fourth-order valence-electron chi connectivity index (χ4n) is 0.982. The average molecular weight is 330 g/mol. The summed E-state index contributed by atoms with van der Waals surface area (Å²) >= 11 is 6.50. The lowest BCUT2D eigenvalue weighted by Gasteiger charge is -2.18. The maximum atomic E-state index is 12.1. The van der Waals surface area contributed by atoms with Gasteiger partial charge in [-0.3, -0.25) is 0 Å². The van der Waals surface area contributed by atoms with Crippen molar-refractivity contribution in [3.63, 3.8) is 0 Å². The monoisotopic (exact) mass is 328 g/mol. The van der Waals surface area contributed by atoms with Crippen LogP contribution in [0.1, 0.15) is 0 Å². The molecule has 0 aromatic carbocycles. The van der Waals surface area contributed by atoms with Crippen LogP contribution in [0.4, 0.5) is 14.6 Å². The SMILES string of the molecule is CN(CC(F)F)c1ncc(Br)cc1Br. The molecule has 1 aromatic rings. The lowest BCUT2D eigenvalue weighted by atomic mass is 10.4. The molecule has 14 heavy (non-hydrogen) atoms. The van der Waals surface area contributed by atoms with Crippen LogP contribution in [0.3, 0.4) is 0 Å². The number of nitrogens with zero attached hydrogens (tertiary/aromatic N) is 2. The summed E-state index contributed by atoms with van der Waals surface area (Å²) in [5.74, 6) is 0.508. The summed E-state index contributed by atoms with van der Waals surface area (Å²) in [4.78, 5) is 5.43. The average Bonchev–Trinajstić information content (AvgIpc) is 2.01. The second-order valence-electron chi connectivity index (χ2n) is 2.73. The van der Waals surface area contributed by atoms with Crippen molar-refractivity contribution < 1.29 is 8.78 Å². The lowest BCUT2D eigenvalue weighted by Crippen LogP contribution is -2.25. The molecule has 1 aromatic heterocycles. The van der Waals surface area contributed by atoms with Crippen LogP contribution in [0.5, 0.6) is 0 Å². The number of alkyl halides is 2. The van der Waals surface area contributed by atoms with Gasteiger partial charge in [-0.2, -0.15) is 0 Å². The molecule has 0 radical (unpaired) electrons. The molecule has 1 heterocycles. The molecule has 0 aliphatic rings. The number of halogens is 4. The molecule has 1 rings (SSSR count). The molecular weight excluding hydrogens is 322 g/mol. The van der Waals surface area contributed by atoms with Crippen LogP contribution in [-0.4, -0.2) is 25.0 Å². The summed E-state index contributed by atoms with van der Waals surface area (Å²) in [6, 6.07) is 1.77.